The fraction of sp³-hybridized carbons (Fsp3) is 0.200. The van der Waals surface area contributed by atoms with Gasteiger partial charge in [0.05, 0.1) is 0 Å². The maximum atomic E-state index is 10.7. The second-order valence-electron chi connectivity index (χ2n) is 2.22. The number of nitrogens with two attached hydrogens (primary N) is 2. The molecule has 1 aromatic heterocycles. The summed E-state index contributed by atoms with van der Waals surface area (Å²) in [5, 5.41) is 9.15. The molecule has 78 valence electrons. The number of nitrogens with one attached hydrogen (secondary N) is 1. The number of H-pyrrole nitrogens is 1. The lowest BCUT2D eigenvalue weighted by Crippen LogP contribution is -3.00. The summed E-state index contributed by atoms with van der Waals surface area (Å²) in [7, 11) is 0. The lowest BCUT2D eigenvalue weighted by Gasteiger charge is -1.80. The van der Waals surface area contributed by atoms with Gasteiger partial charge >= 0.3 is 0 Å². The van der Waals surface area contributed by atoms with Gasteiger partial charge in [0.25, 0.3) is 0 Å². The maximum Gasteiger partial charge on any atom is 0.247 e. The SMILES string of the molecule is Cc1c(/C=N/N=C(N)N)[nH]o[n+]1=O.[Cl-]. The quantitative estimate of drug-likeness (QED) is 0.263. The molecule has 9 heteroatoms. The van der Waals surface area contributed by atoms with Gasteiger partial charge in [0, 0.05) is 6.92 Å². The third-order valence-corrected chi connectivity index (χ3v) is 1.26. The number of aromatic amines is 1. The molecule has 0 aliphatic rings. The van der Waals surface area contributed by atoms with Crippen molar-refractivity contribution in [2.24, 2.45) is 21.7 Å². The van der Waals surface area contributed by atoms with Crippen LogP contribution in [0, 0.1) is 11.8 Å². The van der Waals surface area contributed by atoms with Crippen molar-refractivity contribution in [1.29, 1.82) is 0 Å². The summed E-state index contributed by atoms with van der Waals surface area (Å²) in [6.45, 7) is 1.56. The first-order chi connectivity index (χ1) is 6.11. The van der Waals surface area contributed by atoms with E-state index in [0.717, 1.165) is 0 Å². The van der Waals surface area contributed by atoms with E-state index >= 15 is 0 Å². The van der Waals surface area contributed by atoms with E-state index in [9.17, 15) is 4.91 Å². The van der Waals surface area contributed by atoms with Crippen LogP contribution in [0.2, 0.25) is 0 Å². The largest absolute Gasteiger partial charge is 1.00 e. The summed E-state index contributed by atoms with van der Waals surface area (Å²) in [4.78, 5) is 10.7. The smallest absolute Gasteiger partial charge is 0.247 e. The fourth-order valence-electron chi connectivity index (χ4n) is 0.604. The molecular weight excluding hydrogens is 212 g/mol. The molecule has 0 bridgehead atoms. The Balaban J connectivity index is 0.00000169. The maximum absolute atomic E-state index is 10.7. The van der Waals surface area contributed by atoms with Gasteiger partial charge in [-0.3, -0.25) is 0 Å². The molecule has 8 nitrogen and oxygen atoms in total. The molecule has 0 spiro atoms. The van der Waals surface area contributed by atoms with Gasteiger partial charge in [-0.2, -0.15) is 5.10 Å². The van der Waals surface area contributed by atoms with Crippen LogP contribution < -0.4 is 28.5 Å². The van der Waals surface area contributed by atoms with Crippen LogP contribution in [0.1, 0.15) is 11.4 Å². The molecule has 0 atom stereocenters. The number of nitrogens with zero attached hydrogens (tertiary/aromatic N) is 3. The van der Waals surface area contributed by atoms with Crippen molar-refractivity contribution in [3.05, 3.63) is 16.3 Å². The topological polar surface area (TPSA) is 129 Å². The zero-order valence-corrected chi connectivity index (χ0v) is 8.02. The molecule has 1 aromatic rings. The second kappa shape index (κ2) is 5.02. The molecule has 0 aromatic carbocycles. The third kappa shape index (κ3) is 2.90. The van der Waals surface area contributed by atoms with Crippen LogP contribution in [-0.4, -0.2) is 17.3 Å². The van der Waals surface area contributed by atoms with Crippen LogP contribution in [-0.2, 0) is 0 Å². The normalized spacial score (nSPS) is 9.79. The number of hydrogen-bond donors (Lipinski definition) is 3. The van der Waals surface area contributed by atoms with Crippen molar-refractivity contribution in [2.45, 2.75) is 6.92 Å². The van der Waals surface area contributed by atoms with E-state index in [-0.39, 0.29) is 18.4 Å². The molecule has 0 saturated heterocycles. The highest BCUT2D eigenvalue weighted by molar-refractivity contribution is 5.80. The van der Waals surface area contributed by atoms with Crippen molar-refractivity contribution >= 4 is 12.2 Å². The van der Waals surface area contributed by atoms with Gasteiger partial charge in [-0.25, -0.2) is 0 Å². The van der Waals surface area contributed by atoms with E-state index in [2.05, 4.69) is 20.0 Å². The van der Waals surface area contributed by atoms with Crippen molar-refractivity contribution in [2.75, 3.05) is 0 Å². The zero-order valence-electron chi connectivity index (χ0n) is 7.27. The van der Waals surface area contributed by atoms with Gasteiger partial charge in [-0.15, -0.1) is 5.10 Å². The third-order valence-electron chi connectivity index (χ3n) is 1.26. The Morgan fingerprint density at radius 1 is 1.64 bits per heavy atom. The minimum absolute atomic E-state index is 0. The number of guanidine groups is 1. The predicted molar refractivity (Wildman–Crippen MR) is 44.6 cm³/mol. The fourth-order valence-corrected chi connectivity index (χ4v) is 0.604. The Kier molecular flexibility index (Phi) is 4.36. The molecule has 0 saturated carbocycles. The standard InChI is InChI=1S/C5H9N6O2.ClH/c1-3-4(10-13-11(3)12)2-8-9-5(6)7;/h2,10H,1H3,(H4,6,7,9);1H/q+1;/p-1/b8-2+;. The van der Waals surface area contributed by atoms with Crippen LogP contribution in [0.4, 0.5) is 0 Å². The van der Waals surface area contributed by atoms with E-state index in [1.807, 2.05) is 0 Å². The molecule has 0 aliphatic heterocycles. The lowest BCUT2D eigenvalue weighted by atomic mass is 10.4. The van der Waals surface area contributed by atoms with Crippen molar-refractivity contribution in [3.63, 3.8) is 0 Å². The molecule has 0 aliphatic carbocycles. The molecule has 1 rings (SSSR count). The van der Waals surface area contributed by atoms with Crippen molar-refractivity contribution in [1.82, 2.24) is 5.16 Å². The van der Waals surface area contributed by atoms with Crippen LogP contribution in [0.25, 0.3) is 0 Å². The average Bonchev–Trinajstić information content (AvgIpc) is 2.35. The van der Waals surface area contributed by atoms with Crippen LogP contribution in [0.3, 0.4) is 0 Å². The Bertz CT molecular complexity index is 401. The van der Waals surface area contributed by atoms with Gasteiger partial charge in [0.2, 0.25) is 17.3 Å². The van der Waals surface area contributed by atoms with E-state index < -0.39 is 0 Å². The molecule has 1 heterocycles. The molecule has 0 fully saturated rings. The highest BCUT2D eigenvalue weighted by Gasteiger charge is 2.11. The van der Waals surface area contributed by atoms with Gasteiger partial charge < -0.3 is 23.9 Å². The molecule has 0 radical (unpaired) electrons. The second-order valence-corrected chi connectivity index (χ2v) is 2.22. The number of aromatic nitrogens is 2. The number of rotatable bonds is 2. The van der Waals surface area contributed by atoms with E-state index in [4.69, 9.17) is 11.5 Å². The average molecular weight is 221 g/mol. The molecule has 14 heavy (non-hydrogen) atoms. The molecular formula is C5H9ClN6O2. The summed E-state index contributed by atoms with van der Waals surface area (Å²) in [6.07, 6.45) is 1.27. The lowest BCUT2D eigenvalue weighted by molar-refractivity contribution is -0.718. The highest BCUT2D eigenvalue weighted by atomic mass is 35.5. The monoisotopic (exact) mass is 220 g/mol. The summed E-state index contributed by atoms with van der Waals surface area (Å²) < 4.78 is 4.70. The van der Waals surface area contributed by atoms with E-state index in [0.29, 0.717) is 16.0 Å². The minimum atomic E-state index is -0.160. The Morgan fingerprint density at radius 3 is 2.71 bits per heavy atom. The Labute approximate surface area is 84.6 Å². The summed E-state index contributed by atoms with van der Waals surface area (Å²) >= 11 is 0. The predicted octanol–water partition coefficient (Wildman–Crippen LogP) is -4.56. The first-order valence-electron chi connectivity index (χ1n) is 3.34. The first-order valence-corrected chi connectivity index (χ1v) is 3.34. The van der Waals surface area contributed by atoms with Crippen molar-refractivity contribution < 1.29 is 21.6 Å². The highest BCUT2D eigenvalue weighted by Crippen LogP contribution is 1.92. The van der Waals surface area contributed by atoms with E-state index in [1.54, 1.807) is 6.92 Å². The molecule has 5 N–H and O–H groups in total. The summed E-state index contributed by atoms with van der Waals surface area (Å²) in [5.74, 6) is -0.160. The van der Waals surface area contributed by atoms with Gasteiger partial charge in [-0.1, -0.05) is 9.79 Å². The minimum Gasteiger partial charge on any atom is -1.00 e. The molecule has 0 amide bonds. The van der Waals surface area contributed by atoms with Gasteiger partial charge in [-0.05, 0) is 4.91 Å². The number of halogens is 1. The Morgan fingerprint density at radius 2 is 2.29 bits per heavy atom. The van der Waals surface area contributed by atoms with E-state index in [1.165, 1.54) is 6.21 Å². The van der Waals surface area contributed by atoms with Gasteiger partial charge in [0.15, 0.2) is 4.60 Å². The van der Waals surface area contributed by atoms with Crippen LogP contribution >= 0.6 is 0 Å². The summed E-state index contributed by atoms with van der Waals surface area (Å²) in [6, 6.07) is 0. The molecule has 0 unspecified atom stereocenters. The van der Waals surface area contributed by atoms with Crippen molar-refractivity contribution in [3.8, 4) is 0 Å². The van der Waals surface area contributed by atoms with Crippen LogP contribution in [0.15, 0.2) is 14.8 Å². The number of hydrogen-bond acceptors (Lipinski definition) is 4. The zero-order chi connectivity index (χ0) is 9.84. The first kappa shape index (κ1) is 12.2. The summed E-state index contributed by atoms with van der Waals surface area (Å²) in [5.41, 5.74) is 10.8. The van der Waals surface area contributed by atoms with Crippen LogP contribution in [0.5, 0.6) is 0 Å². The Hall–Kier alpha value is -1.83. The van der Waals surface area contributed by atoms with Gasteiger partial charge in [0.1, 0.15) is 6.21 Å².